The molecule has 0 atom stereocenters. The number of hydrogen-bond acceptors (Lipinski definition) is 2. The van der Waals surface area contributed by atoms with Gasteiger partial charge in [-0.2, -0.15) is 0 Å². The second-order valence-corrected chi connectivity index (χ2v) is 6.27. The van der Waals surface area contributed by atoms with Gasteiger partial charge in [-0.05, 0) is 65.4 Å². The summed E-state index contributed by atoms with van der Waals surface area (Å²) in [7, 11) is 0. The van der Waals surface area contributed by atoms with Gasteiger partial charge >= 0.3 is 0 Å². The fraction of sp³-hybridized carbons (Fsp3) is 0.125. The molecule has 2 heterocycles. The van der Waals surface area contributed by atoms with Crippen molar-refractivity contribution in [3.63, 3.8) is 0 Å². The zero-order valence-electron chi connectivity index (χ0n) is 11.8. The van der Waals surface area contributed by atoms with E-state index >= 15 is 0 Å². The lowest BCUT2D eigenvalue weighted by atomic mass is 10.2. The summed E-state index contributed by atoms with van der Waals surface area (Å²) in [4.78, 5) is 16.4. The Balaban J connectivity index is 1.75. The first-order chi connectivity index (χ1) is 10.5. The molecule has 0 aliphatic rings. The Morgan fingerprint density at radius 3 is 2.91 bits per heavy atom. The minimum Gasteiger partial charge on any atom is -0.326 e. The number of rotatable bonds is 3. The number of halogens is 2. The summed E-state index contributed by atoms with van der Waals surface area (Å²) in [5.41, 5.74) is 3.03. The molecule has 1 N–H and O–H groups in total. The second kappa shape index (κ2) is 6.04. The molecule has 0 unspecified atom stereocenters. The van der Waals surface area contributed by atoms with Gasteiger partial charge in [0.25, 0.3) is 0 Å². The standard InChI is InChI=1S/C16H13FIN3O/c1-10-6-12(18)3-4-14(10)20-16(22)7-13-9-21-8-11(17)2-5-15(21)19-13/h2-6,8-9H,7H2,1H3,(H,20,22). The predicted molar refractivity (Wildman–Crippen MR) is 91.4 cm³/mol. The number of carbonyl (C=O) groups excluding carboxylic acids is 1. The molecule has 3 rings (SSSR count). The fourth-order valence-electron chi connectivity index (χ4n) is 2.23. The van der Waals surface area contributed by atoms with Crippen molar-refractivity contribution in [2.24, 2.45) is 0 Å². The number of pyridine rings is 1. The number of hydrogen-bond donors (Lipinski definition) is 1. The third-order valence-corrected chi connectivity index (χ3v) is 3.94. The number of aromatic nitrogens is 2. The van der Waals surface area contributed by atoms with E-state index < -0.39 is 0 Å². The number of nitrogens with zero attached hydrogens (tertiary/aromatic N) is 2. The maximum absolute atomic E-state index is 13.1. The Morgan fingerprint density at radius 1 is 1.32 bits per heavy atom. The van der Waals surface area contributed by atoms with Gasteiger partial charge in [-0.1, -0.05) is 0 Å². The Morgan fingerprint density at radius 2 is 2.14 bits per heavy atom. The molecule has 2 aromatic heterocycles. The summed E-state index contributed by atoms with van der Waals surface area (Å²) in [5, 5.41) is 2.88. The zero-order chi connectivity index (χ0) is 15.7. The molecule has 0 spiro atoms. The summed E-state index contributed by atoms with van der Waals surface area (Å²) in [6, 6.07) is 8.76. The maximum Gasteiger partial charge on any atom is 0.230 e. The largest absolute Gasteiger partial charge is 0.326 e. The molecule has 0 bridgehead atoms. The van der Waals surface area contributed by atoms with Crippen LogP contribution in [0.3, 0.4) is 0 Å². The van der Waals surface area contributed by atoms with E-state index in [9.17, 15) is 9.18 Å². The highest BCUT2D eigenvalue weighted by atomic mass is 127. The minimum absolute atomic E-state index is 0.145. The van der Waals surface area contributed by atoms with E-state index in [0.29, 0.717) is 11.3 Å². The van der Waals surface area contributed by atoms with Crippen molar-refractivity contribution in [2.45, 2.75) is 13.3 Å². The first-order valence-electron chi connectivity index (χ1n) is 6.70. The van der Waals surface area contributed by atoms with Crippen molar-refractivity contribution < 1.29 is 9.18 Å². The summed E-state index contributed by atoms with van der Waals surface area (Å²) in [6.45, 7) is 1.95. The Kier molecular flexibility index (Phi) is 4.10. The lowest BCUT2D eigenvalue weighted by Gasteiger charge is -2.07. The van der Waals surface area contributed by atoms with E-state index in [1.165, 1.54) is 12.3 Å². The number of benzene rings is 1. The van der Waals surface area contributed by atoms with Crippen LogP contribution in [-0.4, -0.2) is 15.3 Å². The molecule has 0 saturated carbocycles. The minimum atomic E-state index is -0.338. The van der Waals surface area contributed by atoms with Gasteiger partial charge in [-0.25, -0.2) is 9.37 Å². The molecular formula is C16H13FIN3O. The number of nitrogens with one attached hydrogen (secondary N) is 1. The highest BCUT2D eigenvalue weighted by Crippen LogP contribution is 2.18. The van der Waals surface area contributed by atoms with Crippen LogP contribution >= 0.6 is 22.6 Å². The van der Waals surface area contributed by atoms with Crippen molar-refractivity contribution in [3.05, 3.63) is 63.4 Å². The molecule has 0 aliphatic heterocycles. The molecule has 4 nitrogen and oxygen atoms in total. The van der Waals surface area contributed by atoms with Crippen molar-refractivity contribution >= 4 is 39.8 Å². The van der Waals surface area contributed by atoms with E-state index in [1.54, 1.807) is 16.7 Å². The molecule has 0 fully saturated rings. The van der Waals surface area contributed by atoms with Gasteiger partial charge in [0.1, 0.15) is 11.5 Å². The van der Waals surface area contributed by atoms with Crippen molar-refractivity contribution in [1.29, 1.82) is 0 Å². The normalized spacial score (nSPS) is 10.9. The van der Waals surface area contributed by atoms with E-state index in [1.807, 2.05) is 25.1 Å². The monoisotopic (exact) mass is 409 g/mol. The van der Waals surface area contributed by atoms with Crippen LogP contribution in [0.4, 0.5) is 10.1 Å². The van der Waals surface area contributed by atoms with E-state index in [0.717, 1.165) is 14.8 Å². The smallest absolute Gasteiger partial charge is 0.230 e. The lowest BCUT2D eigenvalue weighted by molar-refractivity contribution is -0.115. The first kappa shape index (κ1) is 15.0. The molecule has 1 aromatic carbocycles. The number of anilines is 1. The molecule has 1 amide bonds. The molecule has 0 radical (unpaired) electrons. The predicted octanol–water partition coefficient (Wildman–Crippen LogP) is 3.57. The van der Waals surface area contributed by atoms with E-state index in [4.69, 9.17) is 0 Å². The summed E-state index contributed by atoms with van der Waals surface area (Å²) >= 11 is 2.23. The van der Waals surface area contributed by atoms with Crippen LogP contribution in [0.15, 0.2) is 42.7 Å². The van der Waals surface area contributed by atoms with Crippen molar-refractivity contribution in [1.82, 2.24) is 9.38 Å². The number of fused-ring (bicyclic) bond motifs is 1. The quantitative estimate of drug-likeness (QED) is 0.673. The van der Waals surface area contributed by atoms with Gasteiger partial charge in [-0.3, -0.25) is 4.79 Å². The summed E-state index contributed by atoms with van der Waals surface area (Å²) in [5.74, 6) is -0.483. The molecule has 3 aromatic rings. The first-order valence-corrected chi connectivity index (χ1v) is 7.78. The van der Waals surface area contributed by atoms with Crippen molar-refractivity contribution in [2.75, 3.05) is 5.32 Å². The highest BCUT2D eigenvalue weighted by molar-refractivity contribution is 14.1. The van der Waals surface area contributed by atoms with E-state index in [-0.39, 0.29) is 18.1 Å². The molecule has 0 saturated heterocycles. The van der Waals surface area contributed by atoms with Gasteiger partial charge < -0.3 is 9.72 Å². The Bertz CT molecular complexity index is 860. The fourth-order valence-corrected chi connectivity index (χ4v) is 2.88. The van der Waals surface area contributed by atoms with Crippen LogP contribution in [0.25, 0.3) is 5.65 Å². The highest BCUT2D eigenvalue weighted by Gasteiger charge is 2.09. The number of amides is 1. The van der Waals surface area contributed by atoms with Gasteiger partial charge in [0.15, 0.2) is 0 Å². The van der Waals surface area contributed by atoms with Gasteiger partial charge in [-0.15, -0.1) is 0 Å². The number of imidazole rings is 1. The van der Waals surface area contributed by atoms with Gasteiger partial charge in [0.2, 0.25) is 5.91 Å². The van der Waals surface area contributed by atoms with Crippen molar-refractivity contribution in [3.8, 4) is 0 Å². The average molecular weight is 409 g/mol. The summed E-state index contributed by atoms with van der Waals surface area (Å²) < 4.78 is 15.8. The SMILES string of the molecule is Cc1cc(I)ccc1NC(=O)Cc1cn2cc(F)ccc2n1. The molecular weight excluding hydrogens is 396 g/mol. The van der Waals surface area contributed by atoms with Gasteiger partial charge in [0.05, 0.1) is 12.1 Å². The third-order valence-electron chi connectivity index (χ3n) is 3.27. The lowest BCUT2D eigenvalue weighted by Crippen LogP contribution is -2.15. The van der Waals surface area contributed by atoms with Crippen LogP contribution < -0.4 is 5.32 Å². The second-order valence-electron chi connectivity index (χ2n) is 5.03. The third kappa shape index (κ3) is 3.27. The van der Waals surface area contributed by atoms with Gasteiger partial charge in [0, 0.05) is 21.7 Å². The topological polar surface area (TPSA) is 46.4 Å². The Labute approximate surface area is 140 Å². The molecule has 112 valence electrons. The van der Waals surface area contributed by atoms with E-state index in [2.05, 4.69) is 32.9 Å². The summed E-state index contributed by atoms with van der Waals surface area (Å²) in [6.07, 6.45) is 3.15. The Hall–Kier alpha value is -1.96. The molecule has 6 heteroatoms. The van der Waals surface area contributed by atoms with Crippen LogP contribution in [0.2, 0.25) is 0 Å². The van der Waals surface area contributed by atoms with Crippen LogP contribution in [0.1, 0.15) is 11.3 Å². The number of carbonyl (C=O) groups is 1. The number of aryl methyl sites for hydroxylation is 1. The molecule has 22 heavy (non-hydrogen) atoms. The average Bonchev–Trinajstić information content (AvgIpc) is 2.83. The molecule has 0 aliphatic carbocycles. The maximum atomic E-state index is 13.1. The van der Waals surface area contributed by atoms with Crippen LogP contribution in [0.5, 0.6) is 0 Å². The zero-order valence-corrected chi connectivity index (χ0v) is 14.0. The van der Waals surface area contributed by atoms with Crippen LogP contribution in [-0.2, 0) is 11.2 Å². The van der Waals surface area contributed by atoms with Crippen LogP contribution in [0, 0.1) is 16.3 Å².